The number of nitrogens with zero attached hydrogens (tertiary/aromatic N) is 3. The molecule has 1 aliphatic heterocycles. The van der Waals surface area contributed by atoms with Crippen LogP contribution in [-0.2, 0) is 9.53 Å². The van der Waals surface area contributed by atoms with Gasteiger partial charge in [-0.2, -0.15) is 0 Å². The van der Waals surface area contributed by atoms with Crippen LogP contribution in [0.4, 0.5) is 0 Å². The van der Waals surface area contributed by atoms with E-state index in [-0.39, 0.29) is 12.5 Å². The quantitative estimate of drug-likeness (QED) is 0.550. The summed E-state index contributed by atoms with van der Waals surface area (Å²) in [4.78, 5) is 19.3. The third-order valence-corrected chi connectivity index (χ3v) is 3.03. The van der Waals surface area contributed by atoms with Crippen LogP contribution in [0.15, 0.2) is 4.99 Å². The Hall–Kier alpha value is -1.30. The summed E-state index contributed by atoms with van der Waals surface area (Å²) in [5.41, 5.74) is 0. The molecule has 104 valence electrons. The van der Waals surface area contributed by atoms with Gasteiger partial charge in [0.05, 0.1) is 13.2 Å². The molecule has 0 spiro atoms. The van der Waals surface area contributed by atoms with Crippen LogP contribution in [0.5, 0.6) is 0 Å². The van der Waals surface area contributed by atoms with Crippen LogP contribution in [0.1, 0.15) is 6.42 Å². The Labute approximate surface area is 109 Å². The fourth-order valence-electron chi connectivity index (χ4n) is 1.90. The molecule has 1 amide bonds. The number of hydrogen-bond donors (Lipinski definition) is 1. The minimum atomic E-state index is 0.0359. The Kier molecular flexibility index (Phi) is 5.91. The van der Waals surface area contributed by atoms with E-state index in [0.29, 0.717) is 5.92 Å². The first-order valence-corrected chi connectivity index (χ1v) is 6.24. The van der Waals surface area contributed by atoms with E-state index in [9.17, 15) is 4.79 Å². The summed E-state index contributed by atoms with van der Waals surface area (Å²) in [5, 5.41) is 3.07. The molecule has 0 bridgehead atoms. The predicted molar refractivity (Wildman–Crippen MR) is 71.6 cm³/mol. The Morgan fingerprint density at radius 1 is 1.44 bits per heavy atom. The SMILES string of the molecule is CN=C(NCC(=O)N(C)C)N(C)CC1CCOC1. The highest BCUT2D eigenvalue weighted by molar-refractivity contribution is 5.86. The van der Waals surface area contributed by atoms with Crippen LogP contribution in [0.3, 0.4) is 0 Å². The van der Waals surface area contributed by atoms with Crippen molar-refractivity contribution in [3.63, 3.8) is 0 Å². The molecule has 0 saturated carbocycles. The van der Waals surface area contributed by atoms with Crippen LogP contribution in [0.2, 0.25) is 0 Å². The number of nitrogens with one attached hydrogen (secondary N) is 1. The lowest BCUT2D eigenvalue weighted by molar-refractivity contribution is -0.127. The van der Waals surface area contributed by atoms with E-state index in [1.54, 1.807) is 26.0 Å². The van der Waals surface area contributed by atoms with Gasteiger partial charge < -0.3 is 19.9 Å². The largest absolute Gasteiger partial charge is 0.381 e. The molecule has 1 rings (SSSR count). The number of guanidine groups is 1. The third-order valence-electron chi connectivity index (χ3n) is 3.03. The molecular weight excluding hydrogens is 232 g/mol. The van der Waals surface area contributed by atoms with Crippen LogP contribution < -0.4 is 5.32 Å². The lowest BCUT2D eigenvalue weighted by atomic mass is 10.1. The van der Waals surface area contributed by atoms with Crippen molar-refractivity contribution < 1.29 is 9.53 Å². The van der Waals surface area contributed by atoms with Crippen LogP contribution in [0.25, 0.3) is 0 Å². The molecule has 1 fully saturated rings. The van der Waals surface area contributed by atoms with Gasteiger partial charge in [-0.3, -0.25) is 9.79 Å². The molecule has 0 radical (unpaired) electrons. The van der Waals surface area contributed by atoms with E-state index in [2.05, 4.69) is 10.3 Å². The van der Waals surface area contributed by atoms with E-state index >= 15 is 0 Å². The molecule has 0 aromatic carbocycles. The molecule has 0 aromatic heterocycles. The second-order valence-electron chi connectivity index (χ2n) is 4.80. The lowest BCUT2D eigenvalue weighted by Gasteiger charge is -2.24. The van der Waals surface area contributed by atoms with Gasteiger partial charge in [0.15, 0.2) is 5.96 Å². The molecule has 0 aliphatic carbocycles. The van der Waals surface area contributed by atoms with Crippen molar-refractivity contribution in [2.75, 3.05) is 54.5 Å². The van der Waals surface area contributed by atoms with Gasteiger partial charge in [-0.1, -0.05) is 0 Å². The van der Waals surface area contributed by atoms with Gasteiger partial charge in [-0.15, -0.1) is 0 Å². The molecule has 18 heavy (non-hydrogen) atoms. The maximum atomic E-state index is 11.5. The summed E-state index contributed by atoms with van der Waals surface area (Å²) in [6.45, 7) is 2.84. The van der Waals surface area contributed by atoms with Gasteiger partial charge in [-0.05, 0) is 6.42 Å². The molecule has 0 aromatic rings. The fraction of sp³-hybridized carbons (Fsp3) is 0.833. The van der Waals surface area contributed by atoms with Crippen molar-refractivity contribution >= 4 is 11.9 Å². The number of aliphatic imine (C=N–C) groups is 1. The van der Waals surface area contributed by atoms with Crippen LogP contribution in [0, 0.1) is 5.92 Å². The standard InChI is InChI=1S/C12H24N4O2/c1-13-12(14-7-11(17)15(2)3)16(4)8-10-5-6-18-9-10/h10H,5-9H2,1-4H3,(H,13,14). The van der Waals surface area contributed by atoms with E-state index < -0.39 is 0 Å². The molecule has 1 unspecified atom stereocenters. The van der Waals surface area contributed by atoms with Crippen molar-refractivity contribution in [1.29, 1.82) is 0 Å². The zero-order valence-electron chi connectivity index (χ0n) is 11.8. The zero-order chi connectivity index (χ0) is 13.5. The van der Waals surface area contributed by atoms with Gasteiger partial charge in [0, 0.05) is 47.3 Å². The average molecular weight is 256 g/mol. The fourth-order valence-corrected chi connectivity index (χ4v) is 1.90. The molecular formula is C12H24N4O2. The molecule has 1 aliphatic rings. The smallest absolute Gasteiger partial charge is 0.241 e. The number of amides is 1. The number of hydrogen-bond acceptors (Lipinski definition) is 3. The highest BCUT2D eigenvalue weighted by Gasteiger charge is 2.19. The summed E-state index contributed by atoms with van der Waals surface area (Å²) < 4.78 is 5.35. The highest BCUT2D eigenvalue weighted by Crippen LogP contribution is 2.13. The zero-order valence-corrected chi connectivity index (χ0v) is 11.8. The number of carbonyl (C=O) groups is 1. The van der Waals surface area contributed by atoms with Gasteiger partial charge in [-0.25, -0.2) is 0 Å². The summed E-state index contributed by atoms with van der Waals surface area (Å²) in [5.74, 6) is 1.34. The van der Waals surface area contributed by atoms with Crippen molar-refractivity contribution in [3.05, 3.63) is 0 Å². The first kappa shape index (κ1) is 14.8. The van der Waals surface area contributed by atoms with E-state index in [4.69, 9.17) is 4.74 Å². The molecule has 1 atom stereocenters. The van der Waals surface area contributed by atoms with Crippen molar-refractivity contribution in [2.24, 2.45) is 10.9 Å². The normalized spacial score (nSPS) is 19.8. The molecule has 1 saturated heterocycles. The first-order valence-electron chi connectivity index (χ1n) is 6.24. The maximum Gasteiger partial charge on any atom is 0.241 e. The second-order valence-corrected chi connectivity index (χ2v) is 4.80. The average Bonchev–Trinajstić information content (AvgIpc) is 2.82. The highest BCUT2D eigenvalue weighted by atomic mass is 16.5. The Bertz CT molecular complexity index is 298. The van der Waals surface area contributed by atoms with E-state index in [0.717, 1.165) is 32.1 Å². The van der Waals surface area contributed by atoms with Gasteiger partial charge >= 0.3 is 0 Å². The number of carbonyl (C=O) groups excluding carboxylic acids is 1. The summed E-state index contributed by atoms with van der Waals surface area (Å²) in [6, 6.07) is 0. The summed E-state index contributed by atoms with van der Waals surface area (Å²) in [7, 11) is 7.19. The lowest BCUT2D eigenvalue weighted by Crippen LogP contribution is -2.45. The first-order chi connectivity index (χ1) is 8.54. The third kappa shape index (κ3) is 4.52. The Balaban J connectivity index is 2.37. The van der Waals surface area contributed by atoms with E-state index in [1.807, 2.05) is 11.9 Å². The van der Waals surface area contributed by atoms with Gasteiger partial charge in [0.1, 0.15) is 0 Å². The molecule has 1 N–H and O–H groups in total. The molecule has 6 heteroatoms. The molecule has 6 nitrogen and oxygen atoms in total. The predicted octanol–water partition coefficient (Wildman–Crippen LogP) is -0.382. The van der Waals surface area contributed by atoms with Crippen molar-refractivity contribution in [2.45, 2.75) is 6.42 Å². The summed E-state index contributed by atoms with van der Waals surface area (Å²) in [6.07, 6.45) is 1.10. The van der Waals surface area contributed by atoms with Crippen molar-refractivity contribution in [3.8, 4) is 0 Å². The van der Waals surface area contributed by atoms with Gasteiger partial charge in [0.25, 0.3) is 0 Å². The monoisotopic (exact) mass is 256 g/mol. The Morgan fingerprint density at radius 2 is 2.17 bits per heavy atom. The minimum Gasteiger partial charge on any atom is -0.381 e. The Morgan fingerprint density at radius 3 is 2.67 bits per heavy atom. The minimum absolute atomic E-state index is 0.0359. The van der Waals surface area contributed by atoms with Crippen molar-refractivity contribution in [1.82, 2.24) is 15.1 Å². The summed E-state index contributed by atoms with van der Waals surface area (Å²) >= 11 is 0. The maximum absolute atomic E-state index is 11.5. The van der Waals surface area contributed by atoms with Gasteiger partial charge in [0.2, 0.25) is 5.91 Å². The van der Waals surface area contributed by atoms with Crippen LogP contribution in [-0.4, -0.2) is 76.2 Å². The number of ether oxygens (including phenoxy) is 1. The number of likely N-dealkylation sites (N-methyl/N-ethyl adjacent to an activating group) is 1. The number of rotatable bonds is 4. The topological polar surface area (TPSA) is 57.2 Å². The molecule has 1 heterocycles. The van der Waals surface area contributed by atoms with E-state index in [1.165, 1.54) is 0 Å². The second kappa shape index (κ2) is 7.20. The van der Waals surface area contributed by atoms with Crippen LogP contribution >= 0.6 is 0 Å².